The molecule has 6 rings (SSSR count). The molecule has 238 valence electrons. The monoisotopic (exact) mass is 630 g/mol. The van der Waals surface area contributed by atoms with Gasteiger partial charge >= 0.3 is 6.03 Å². The van der Waals surface area contributed by atoms with E-state index in [1.807, 2.05) is 0 Å². The number of fused-ring (bicyclic) bond motifs is 1. The summed E-state index contributed by atoms with van der Waals surface area (Å²) in [4.78, 5) is 31.2. The second-order valence-corrected chi connectivity index (χ2v) is 11.4. The van der Waals surface area contributed by atoms with Crippen molar-refractivity contribution in [1.29, 1.82) is 0 Å². The highest BCUT2D eigenvalue weighted by atomic mass is 19.3. The summed E-state index contributed by atoms with van der Waals surface area (Å²) in [5.41, 5.74) is -0.956. The van der Waals surface area contributed by atoms with Crippen molar-refractivity contribution in [3.63, 3.8) is 0 Å². The summed E-state index contributed by atoms with van der Waals surface area (Å²) in [5, 5.41) is 15.5. The molecule has 18 heteroatoms. The lowest BCUT2D eigenvalue weighted by molar-refractivity contribution is -0.0542. The zero-order chi connectivity index (χ0) is 31.2. The molecular formula is C26H28F6N8O4. The molecule has 1 aliphatic heterocycles. The van der Waals surface area contributed by atoms with Crippen molar-refractivity contribution in [3.05, 3.63) is 41.1 Å². The molecule has 12 nitrogen and oxygen atoms in total. The molecular weight excluding hydrogens is 602 g/mol. The average Bonchev–Trinajstić information content (AvgIpc) is 3.48. The first kappa shape index (κ1) is 30.1. The number of nitrogens with zero attached hydrogens (tertiary/aromatic N) is 6. The summed E-state index contributed by atoms with van der Waals surface area (Å²) in [6, 6.07) is -1.09. The smallest absolute Gasteiger partial charge is 0.318 e. The predicted octanol–water partition coefficient (Wildman–Crippen LogP) is 4.23. The number of hydrogen-bond donors (Lipinski definition) is 2. The Kier molecular flexibility index (Phi) is 7.87. The number of hydrogen-bond acceptors (Lipinski definition) is 8. The van der Waals surface area contributed by atoms with Crippen molar-refractivity contribution in [2.45, 2.75) is 75.0 Å². The van der Waals surface area contributed by atoms with Crippen LogP contribution in [0.2, 0.25) is 0 Å². The Morgan fingerprint density at radius 2 is 1.89 bits per heavy atom. The molecule has 3 amide bonds. The van der Waals surface area contributed by atoms with Gasteiger partial charge in [-0.2, -0.15) is 5.10 Å². The summed E-state index contributed by atoms with van der Waals surface area (Å²) in [5.74, 6) is -7.65. The summed E-state index contributed by atoms with van der Waals surface area (Å²) in [6.07, 6.45) is 0.400. The number of aromatic nitrogens is 5. The van der Waals surface area contributed by atoms with E-state index in [0.29, 0.717) is 5.56 Å². The molecule has 2 saturated carbocycles. The molecule has 1 saturated heterocycles. The molecule has 44 heavy (non-hydrogen) atoms. The minimum Gasteiger partial charge on any atom is -0.376 e. The molecule has 0 spiro atoms. The fraction of sp³-hybridized carbons (Fsp3) is 0.615. The van der Waals surface area contributed by atoms with Crippen LogP contribution < -0.4 is 10.6 Å². The van der Waals surface area contributed by atoms with Crippen molar-refractivity contribution in [2.75, 3.05) is 19.7 Å². The van der Waals surface area contributed by atoms with Gasteiger partial charge in [0.15, 0.2) is 11.3 Å². The lowest BCUT2D eigenvalue weighted by Gasteiger charge is -2.38. The lowest BCUT2D eigenvalue weighted by atomic mass is 9.81. The molecule has 0 aromatic carbocycles. The third-order valence-electron chi connectivity index (χ3n) is 8.07. The first-order chi connectivity index (χ1) is 20.9. The molecule has 3 fully saturated rings. The Labute approximate surface area is 245 Å². The van der Waals surface area contributed by atoms with Gasteiger partial charge in [-0.25, -0.2) is 45.3 Å². The largest absolute Gasteiger partial charge is 0.376 e. The minimum absolute atomic E-state index is 0.00211. The van der Waals surface area contributed by atoms with E-state index in [0.717, 1.165) is 17.7 Å². The number of carbonyl (C=O) groups excluding carboxylic acids is 2. The number of urea groups is 1. The van der Waals surface area contributed by atoms with E-state index in [4.69, 9.17) is 4.74 Å². The maximum atomic E-state index is 14.3. The van der Waals surface area contributed by atoms with Crippen LogP contribution in [-0.4, -0.2) is 79.4 Å². The van der Waals surface area contributed by atoms with Gasteiger partial charge in [0.05, 0.1) is 56.0 Å². The van der Waals surface area contributed by atoms with Gasteiger partial charge in [-0.1, -0.05) is 0 Å². The van der Waals surface area contributed by atoms with Crippen LogP contribution in [0.1, 0.15) is 84.5 Å². The second kappa shape index (κ2) is 11.5. The number of ether oxygens (including phenoxy) is 1. The van der Waals surface area contributed by atoms with Crippen LogP contribution in [0.3, 0.4) is 0 Å². The highest BCUT2D eigenvalue weighted by Gasteiger charge is 2.43. The Morgan fingerprint density at radius 1 is 1.14 bits per heavy atom. The van der Waals surface area contributed by atoms with E-state index in [1.165, 1.54) is 23.0 Å². The molecule has 2 atom stereocenters. The fourth-order valence-corrected chi connectivity index (χ4v) is 5.54. The Hall–Kier alpha value is -3.96. The van der Waals surface area contributed by atoms with Gasteiger partial charge < -0.3 is 20.3 Å². The summed E-state index contributed by atoms with van der Waals surface area (Å²) < 4.78 is 94.7. The summed E-state index contributed by atoms with van der Waals surface area (Å²) in [6.45, 7) is -1.68. The highest BCUT2D eigenvalue weighted by molar-refractivity contribution is 5.93. The zero-order valence-corrected chi connectivity index (χ0v) is 23.1. The van der Waals surface area contributed by atoms with Crippen molar-refractivity contribution >= 4 is 17.6 Å². The molecule has 0 bridgehead atoms. The molecule has 4 heterocycles. The van der Waals surface area contributed by atoms with E-state index in [-0.39, 0.29) is 36.9 Å². The predicted molar refractivity (Wildman–Crippen MR) is 136 cm³/mol. The topological polar surface area (TPSA) is 140 Å². The van der Waals surface area contributed by atoms with Crippen molar-refractivity contribution < 1.29 is 45.3 Å². The summed E-state index contributed by atoms with van der Waals surface area (Å²) in [7, 11) is 0. The third-order valence-corrected chi connectivity index (χ3v) is 8.07. The Bertz CT molecular complexity index is 1520. The van der Waals surface area contributed by atoms with Crippen LogP contribution in [0.4, 0.5) is 31.1 Å². The molecule has 2 aliphatic carbocycles. The van der Waals surface area contributed by atoms with E-state index >= 15 is 0 Å². The van der Waals surface area contributed by atoms with Crippen molar-refractivity contribution in [3.8, 4) is 0 Å². The van der Waals surface area contributed by atoms with Gasteiger partial charge in [-0.3, -0.25) is 4.79 Å². The fourth-order valence-electron chi connectivity index (χ4n) is 5.54. The molecule has 0 radical (unpaired) electrons. The Balaban J connectivity index is 1.31. The number of rotatable bonds is 10. The number of carbonyl (C=O) groups is 2. The van der Waals surface area contributed by atoms with Gasteiger partial charge in [-0.15, -0.1) is 0 Å². The molecule has 0 unspecified atom stereocenters. The maximum absolute atomic E-state index is 14.3. The maximum Gasteiger partial charge on any atom is 0.318 e. The van der Waals surface area contributed by atoms with Crippen molar-refractivity contribution in [1.82, 2.24) is 40.4 Å². The average molecular weight is 631 g/mol. The van der Waals surface area contributed by atoms with Crippen LogP contribution in [0.15, 0.2) is 23.1 Å². The lowest BCUT2D eigenvalue weighted by Crippen LogP contribution is -2.58. The molecule has 3 aliphatic rings. The number of halogens is 6. The second-order valence-electron chi connectivity index (χ2n) is 11.4. The number of nitrogens with one attached hydrogen (secondary N) is 2. The van der Waals surface area contributed by atoms with Gasteiger partial charge in [0.2, 0.25) is 11.6 Å². The van der Waals surface area contributed by atoms with Gasteiger partial charge in [0.25, 0.3) is 18.3 Å². The normalized spacial score (nSPS) is 21.8. The standard InChI is InChI=1S/C26H28F6N8O4/c27-22(28)20-21(38-44-37-20)23(41)36-19(13-3-5-25(29,30)6-4-13)16-9-40-18(35-16)7-14(8-34-40)17(10-43-15-1-2-15)39-12-26(31,32)11-33-24(39)42/h7-9,13,15,17,19,22H,1-6,10-12H2,(H,33,42)(H,36,41)/t17-,19+/m1/s1. The number of imidazole rings is 1. The zero-order valence-electron chi connectivity index (χ0n) is 23.1. The van der Waals surface area contributed by atoms with E-state index in [2.05, 4.69) is 35.7 Å². The van der Waals surface area contributed by atoms with Crippen LogP contribution in [0.5, 0.6) is 0 Å². The van der Waals surface area contributed by atoms with Crippen LogP contribution in [0.25, 0.3) is 5.65 Å². The van der Waals surface area contributed by atoms with E-state index < -0.39 is 85.5 Å². The first-order valence-electron chi connectivity index (χ1n) is 14.1. The minimum atomic E-state index is -3.17. The molecule has 3 aromatic rings. The van der Waals surface area contributed by atoms with E-state index in [1.54, 1.807) is 0 Å². The highest BCUT2D eigenvalue weighted by Crippen LogP contribution is 2.41. The number of alkyl halides is 6. The van der Waals surface area contributed by atoms with Gasteiger partial charge in [0, 0.05) is 18.4 Å². The first-order valence-corrected chi connectivity index (χ1v) is 14.1. The van der Waals surface area contributed by atoms with Crippen LogP contribution in [-0.2, 0) is 4.74 Å². The molecule has 2 N–H and O–H groups in total. The van der Waals surface area contributed by atoms with Gasteiger partial charge in [0.1, 0.15) is 0 Å². The Morgan fingerprint density at radius 3 is 2.59 bits per heavy atom. The molecule has 3 aromatic heterocycles. The number of amides is 3. The van der Waals surface area contributed by atoms with E-state index in [9.17, 15) is 35.9 Å². The van der Waals surface area contributed by atoms with Crippen LogP contribution >= 0.6 is 0 Å². The quantitative estimate of drug-likeness (QED) is 0.318. The SMILES string of the molecule is O=C(N[C@H](c1cn2ncc([C@@H](COC3CC3)N3CC(F)(F)CNC3=O)cc2n1)C1CCC(F)(F)CC1)c1nonc1C(F)F. The van der Waals surface area contributed by atoms with Crippen LogP contribution in [0, 0.1) is 5.92 Å². The van der Waals surface area contributed by atoms with Gasteiger partial charge in [-0.05, 0) is 48.0 Å². The van der Waals surface area contributed by atoms with Crippen molar-refractivity contribution in [2.24, 2.45) is 5.92 Å². The summed E-state index contributed by atoms with van der Waals surface area (Å²) >= 11 is 0. The third kappa shape index (κ3) is 6.44.